The molecule has 0 bridgehead atoms. The van der Waals surface area contributed by atoms with E-state index < -0.39 is 12.0 Å². The predicted octanol–water partition coefficient (Wildman–Crippen LogP) is 2.41. The van der Waals surface area contributed by atoms with Gasteiger partial charge in [-0.25, -0.2) is 9.48 Å². The fourth-order valence-corrected chi connectivity index (χ4v) is 3.84. The first-order valence-electron chi connectivity index (χ1n) is 9.46. The molecule has 0 fully saturated rings. The van der Waals surface area contributed by atoms with Crippen LogP contribution >= 0.6 is 11.8 Å². The zero-order valence-corrected chi connectivity index (χ0v) is 18.7. The normalized spacial score (nSPS) is 15.1. The number of nitrogens with zero attached hydrogens (tertiary/aromatic N) is 3. The van der Waals surface area contributed by atoms with Crippen molar-refractivity contribution in [1.29, 1.82) is 0 Å². The number of thioether (sulfide) groups is 1. The Kier molecular flexibility index (Phi) is 7.06. The van der Waals surface area contributed by atoms with Gasteiger partial charge in [0.1, 0.15) is 17.5 Å². The number of nitrogens with one attached hydrogen (secondary N) is 1. The number of hydrogen-bond donors (Lipinski definition) is 1. The fraction of sp³-hybridized carbons (Fsp3) is 0.400. The van der Waals surface area contributed by atoms with Crippen molar-refractivity contribution in [3.05, 3.63) is 35.0 Å². The zero-order chi connectivity index (χ0) is 22.5. The van der Waals surface area contributed by atoms with Crippen LogP contribution in [0.5, 0.6) is 11.5 Å². The largest absolute Gasteiger partial charge is 0.497 e. The summed E-state index contributed by atoms with van der Waals surface area (Å²) >= 11 is 1.14. The maximum Gasteiger partial charge on any atom is 0.338 e. The molecule has 1 atom stereocenters. The lowest BCUT2D eigenvalue weighted by atomic mass is 9.95. The average Bonchev–Trinajstić information content (AvgIpc) is 3.18. The second-order valence-electron chi connectivity index (χ2n) is 6.42. The molecule has 0 amide bonds. The van der Waals surface area contributed by atoms with E-state index >= 15 is 0 Å². The summed E-state index contributed by atoms with van der Waals surface area (Å²) in [6.07, 6.45) is 0. The minimum atomic E-state index is -0.656. The van der Waals surface area contributed by atoms with Crippen LogP contribution in [0.3, 0.4) is 0 Å². The van der Waals surface area contributed by atoms with Gasteiger partial charge in [0.2, 0.25) is 11.1 Å². The van der Waals surface area contributed by atoms with E-state index in [0.717, 1.165) is 11.8 Å². The van der Waals surface area contributed by atoms with Crippen LogP contribution in [-0.4, -0.2) is 60.4 Å². The van der Waals surface area contributed by atoms with Crippen LogP contribution < -0.4 is 14.8 Å². The van der Waals surface area contributed by atoms with Gasteiger partial charge in [-0.05, 0) is 26.0 Å². The molecule has 1 aliphatic rings. The molecule has 0 aliphatic carbocycles. The minimum Gasteiger partial charge on any atom is -0.497 e. The maximum absolute atomic E-state index is 12.9. The Hall–Kier alpha value is -3.21. The topological polar surface area (TPSA) is 114 Å². The van der Waals surface area contributed by atoms with E-state index in [1.807, 2.05) is 6.07 Å². The zero-order valence-electron chi connectivity index (χ0n) is 17.9. The third-order valence-electron chi connectivity index (χ3n) is 4.61. The SMILES string of the molecule is CCOC(=O)C1=C(C)Nc2nc(SCC(=O)OC)nn2[C@@H]1c1ccc(OC)cc1OC. The Morgan fingerprint density at radius 3 is 2.65 bits per heavy atom. The predicted molar refractivity (Wildman–Crippen MR) is 113 cm³/mol. The van der Waals surface area contributed by atoms with E-state index in [9.17, 15) is 9.59 Å². The van der Waals surface area contributed by atoms with Crippen molar-refractivity contribution in [3.63, 3.8) is 0 Å². The van der Waals surface area contributed by atoms with Crippen molar-refractivity contribution < 1.29 is 28.5 Å². The molecule has 10 nitrogen and oxygen atoms in total. The van der Waals surface area contributed by atoms with E-state index in [4.69, 9.17) is 14.2 Å². The molecule has 0 radical (unpaired) electrons. The molecule has 166 valence electrons. The maximum atomic E-state index is 12.9. The van der Waals surface area contributed by atoms with Gasteiger partial charge in [0.15, 0.2) is 0 Å². The van der Waals surface area contributed by atoms with E-state index in [-0.39, 0.29) is 18.3 Å². The quantitative estimate of drug-likeness (QED) is 0.477. The highest BCUT2D eigenvalue weighted by Gasteiger charge is 2.37. The van der Waals surface area contributed by atoms with Crippen molar-refractivity contribution in [2.45, 2.75) is 25.0 Å². The molecular weight excluding hydrogens is 424 g/mol. The lowest BCUT2D eigenvalue weighted by molar-refractivity contribution is -0.139. The molecular formula is C20H24N4O6S. The lowest BCUT2D eigenvalue weighted by Gasteiger charge is -2.29. The highest BCUT2D eigenvalue weighted by Crippen LogP contribution is 2.41. The molecule has 0 saturated carbocycles. The molecule has 0 spiro atoms. The number of benzene rings is 1. The molecule has 11 heteroatoms. The Balaban J connectivity index is 2.11. The van der Waals surface area contributed by atoms with E-state index in [1.165, 1.54) is 7.11 Å². The van der Waals surface area contributed by atoms with Crippen LogP contribution in [0, 0.1) is 0 Å². The molecule has 0 saturated heterocycles. The second kappa shape index (κ2) is 9.73. The number of aromatic nitrogens is 3. The molecule has 3 rings (SSSR count). The first-order valence-corrected chi connectivity index (χ1v) is 10.4. The van der Waals surface area contributed by atoms with Crippen molar-refractivity contribution in [2.24, 2.45) is 0 Å². The van der Waals surface area contributed by atoms with Crippen LogP contribution in [0.15, 0.2) is 34.6 Å². The van der Waals surface area contributed by atoms with Crippen LogP contribution in [0.1, 0.15) is 25.5 Å². The third kappa shape index (κ3) is 4.61. The van der Waals surface area contributed by atoms with Gasteiger partial charge in [-0.3, -0.25) is 4.79 Å². The smallest absolute Gasteiger partial charge is 0.338 e. The molecule has 31 heavy (non-hydrogen) atoms. The summed E-state index contributed by atoms with van der Waals surface area (Å²) in [5.74, 6) is 0.766. The molecule has 0 unspecified atom stereocenters. The number of rotatable bonds is 8. The minimum absolute atomic E-state index is 0.0631. The number of carbonyl (C=O) groups is 2. The summed E-state index contributed by atoms with van der Waals surface area (Å²) in [6.45, 7) is 3.75. The van der Waals surface area contributed by atoms with Gasteiger partial charge in [0, 0.05) is 17.3 Å². The van der Waals surface area contributed by atoms with Crippen LogP contribution in [0.25, 0.3) is 0 Å². The highest BCUT2D eigenvalue weighted by atomic mass is 32.2. The van der Waals surface area contributed by atoms with Crippen LogP contribution in [-0.2, 0) is 19.1 Å². The van der Waals surface area contributed by atoms with Crippen LogP contribution in [0.2, 0.25) is 0 Å². The molecule has 2 heterocycles. The first kappa shape index (κ1) is 22.5. The summed E-state index contributed by atoms with van der Waals surface area (Å²) in [4.78, 5) is 28.8. The lowest BCUT2D eigenvalue weighted by Crippen LogP contribution is -2.30. The molecule has 1 aromatic heterocycles. The van der Waals surface area contributed by atoms with Gasteiger partial charge in [-0.1, -0.05) is 11.8 Å². The number of anilines is 1. The van der Waals surface area contributed by atoms with E-state index in [1.54, 1.807) is 44.9 Å². The average molecular weight is 449 g/mol. The monoisotopic (exact) mass is 448 g/mol. The van der Waals surface area contributed by atoms with Gasteiger partial charge < -0.3 is 24.3 Å². The molecule has 1 aliphatic heterocycles. The summed E-state index contributed by atoms with van der Waals surface area (Å²) in [6, 6.07) is 4.67. The summed E-state index contributed by atoms with van der Waals surface area (Å²) < 4.78 is 22.4. The Morgan fingerprint density at radius 2 is 2.00 bits per heavy atom. The standard InChI is InChI=1S/C20H24N4O6S/c1-6-30-18(26)16-11(2)21-19-22-20(31-10-15(25)29-5)23-24(19)17(16)13-8-7-12(27-3)9-14(13)28-4/h7-9,17H,6,10H2,1-5H3,(H,21,22,23)/t17-/m1/s1. The van der Waals surface area contributed by atoms with Gasteiger partial charge >= 0.3 is 11.9 Å². The summed E-state index contributed by atoms with van der Waals surface area (Å²) in [5.41, 5.74) is 1.65. The second-order valence-corrected chi connectivity index (χ2v) is 7.36. The van der Waals surface area contributed by atoms with Crippen molar-refractivity contribution in [2.75, 3.05) is 39.0 Å². The Bertz CT molecular complexity index is 1020. The molecule has 1 N–H and O–H groups in total. The van der Waals surface area contributed by atoms with Crippen molar-refractivity contribution in [1.82, 2.24) is 14.8 Å². The highest BCUT2D eigenvalue weighted by molar-refractivity contribution is 7.99. The number of esters is 2. The van der Waals surface area contributed by atoms with E-state index in [0.29, 0.717) is 39.4 Å². The fourth-order valence-electron chi connectivity index (χ4n) is 3.18. The summed E-state index contributed by atoms with van der Waals surface area (Å²) in [7, 11) is 4.42. The van der Waals surface area contributed by atoms with Crippen molar-refractivity contribution >= 4 is 29.6 Å². The Morgan fingerprint density at radius 1 is 1.23 bits per heavy atom. The van der Waals surface area contributed by atoms with E-state index in [2.05, 4.69) is 20.1 Å². The van der Waals surface area contributed by atoms with Gasteiger partial charge in [0.05, 0.1) is 39.3 Å². The first-order chi connectivity index (χ1) is 14.9. The number of ether oxygens (including phenoxy) is 4. The number of fused-ring (bicyclic) bond motifs is 1. The number of allylic oxidation sites excluding steroid dienone is 1. The molecule has 1 aromatic carbocycles. The summed E-state index contributed by atoms with van der Waals surface area (Å²) in [5, 5.41) is 8.00. The molecule has 2 aromatic rings. The number of methoxy groups -OCH3 is 3. The van der Waals surface area contributed by atoms with Gasteiger partial charge in [-0.2, -0.15) is 4.98 Å². The third-order valence-corrected chi connectivity index (χ3v) is 5.42. The van der Waals surface area contributed by atoms with Gasteiger partial charge in [-0.15, -0.1) is 5.10 Å². The van der Waals surface area contributed by atoms with Crippen LogP contribution in [0.4, 0.5) is 5.95 Å². The number of carbonyl (C=O) groups excluding carboxylic acids is 2. The van der Waals surface area contributed by atoms with Crippen molar-refractivity contribution in [3.8, 4) is 11.5 Å². The Labute approximate surface area is 183 Å². The van der Waals surface area contributed by atoms with Gasteiger partial charge in [0.25, 0.3) is 0 Å². The number of hydrogen-bond acceptors (Lipinski definition) is 10.